The molecule has 0 spiro atoms. The highest BCUT2D eigenvalue weighted by Gasteiger charge is 2.39. The molecule has 98 valence electrons. The highest BCUT2D eigenvalue weighted by atomic mass is 19.4. The minimum atomic E-state index is -4.09. The molecule has 0 radical (unpaired) electrons. The summed E-state index contributed by atoms with van der Waals surface area (Å²) in [5, 5.41) is 0. The molecule has 3 aliphatic rings. The van der Waals surface area contributed by atoms with Gasteiger partial charge in [-0.3, -0.25) is 0 Å². The zero-order valence-electron chi connectivity index (χ0n) is 10.2. The summed E-state index contributed by atoms with van der Waals surface area (Å²) in [6.45, 7) is 0. The second kappa shape index (κ2) is 4.29. The van der Waals surface area contributed by atoms with Gasteiger partial charge < -0.3 is 0 Å². The number of fused-ring (bicyclic) bond motifs is 2. The Morgan fingerprint density at radius 2 is 1.94 bits per heavy atom. The van der Waals surface area contributed by atoms with Gasteiger partial charge in [0.05, 0.1) is 5.92 Å². The monoisotopic (exact) mass is 254 g/mol. The molecule has 4 unspecified atom stereocenters. The minimum absolute atomic E-state index is 0.117. The van der Waals surface area contributed by atoms with Gasteiger partial charge in [0.25, 0.3) is 0 Å². The summed E-state index contributed by atoms with van der Waals surface area (Å²) in [7, 11) is 0. The van der Waals surface area contributed by atoms with Crippen molar-refractivity contribution in [2.75, 3.05) is 0 Å². The van der Waals surface area contributed by atoms with Gasteiger partial charge in [0.1, 0.15) is 0 Å². The molecule has 3 rings (SSSR count). The smallest absolute Gasteiger partial charge is 0.170 e. The largest absolute Gasteiger partial charge is 0.395 e. The maximum atomic E-state index is 12.5. The van der Waals surface area contributed by atoms with Gasteiger partial charge >= 0.3 is 6.18 Å². The van der Waals surface area contributed by atoms with Gasteiger partial charge in [0.15, 0.2) is 0 Å². The molecule has 0 aliphatic heterocycles. The van der Waals surface area contributed by atoms with Gasteiger partial charge in [-0.2, -0.15) is 13.2 Å². The molecule has 1 saturated carbocycles. The molecule has 0 amide bonds. The number of allylic oxidation sites excluding steroid dienone is 6. The Morgan fingerprint density at radius 3 is 2.44 bits per heavy atom. The lowest BCUT2D eigenvalue weighted by molar-refractivity contribution is -0.160. The maximum absolute atomic E-state index is 12.5. The van der Waals surface area contributed by atoms with E-state index in [-0.39, 0.29) is 6.42 Å². The zero-order chi connectivity index (χ0) is 12.8. The van der Waals surface area contributed by atoms with Crippen LogP contribution in [0, 0.1) is 23.7 Å². The summed E-state index contributed by atoms with van der Waals surface area (Å²) in [5.41, 5.74) is 1.10. The van der Waals surface area contributed by atoms with Gasteiger partial charge in [-0.1, -0.05) is 36.0 Å². The Hall–Kier alpha value is -0.990. The van der Waals surface area contributed by atoms with E-state index in [1.807, 2.05) is 0 Å². The van der Waals surface area contributed by atoms with Crippen molar-refractivity contribution in [2.24, 2.45) is 23.7 Å². The Bertz CT molecular complexity index is 414. The van der Waals surface area contributed by atoms with Crippen LogP contribution in [0.5, 0.6) is 0 Å². The Labute approximate surface area is 105 Å². The standard InChI is InChI=1S/C15H17F3/c16-15(17,18)14-5-2-10(3-6-14)7-13-9-11-1-4-12(13)8-11/h1-5,11-14H,6-9H2. The number of alkyl halides is 3. The van der Waals surface area contributed by atoms with E-state index >= 15 is 0 Å². The molecule has 3 aliphatic carbocycles. The van der Waals surface area contributed by atoms with Crippen LogP contribution in [0.1, 0.15) is 25.7 Å². The minimum Gasteiger partial charge on any atom is -0.170 e. The molecule has 1 fully saturated rings. The third-order valence-electron chi connectivity index (χ3n) is 4.51. The lowest BCUT2D eigenvalue weighted by atomic mass is 9.85. The van der Waals surface area contributed by atoms with Crippen LogP contribution in [-0.4, -0.2) is 6.18 Å². The van der Waals surface area contributed by atoms with Crippen LogP contribution in [0.4, 0.5) is 13.2 Å². The lowest BCUT2D eigenvalue weighted by Gasteiger charge is -2.22. The molecule has 0 aromatic rings. The Kier molecular flexibility index (Phi) is 2.87. The summed E-state index contributed by atoms with van der Waals surface area (Å²) in [5.74, 6) is 0.778. The molecular formula is C15H17F3. The van der Waals surface area contributed by atoms with E-state index in [4.69, 9.17) is 0 Å². The maximum Gasteiger partial charge on any atom is 0.395 e. The summed E-state index contributed by atoms with van der Waals surface area (Å²) in [6.07, 6.45) is 8.86. The second-order valence-electron chi connectivity index (χ2n) is 5.77. The first-order valence-electron chi connectivity index (χ1n) is 6.64. The van der Waals surface area contributed by atoms with Crippen LogP contribution >= 0.6 is 0 Å². The molecule has 0 saturated heterocycles. The van der Waals surface area contributed by atoms with Crippen molar-refractivity contribution in [3.63, 3.8) is 0 Å². The number of hydrogen-bond donors (Lipinski definition) is 0. The number of halogens is 3. The normalized spacial score (nSPS) is 38.3. The van der Waals surface area contributed by atoms with Crippen LogP contribution in [0.2, 0.25) is 0 Å². The molecule has 18 heavy (non-hydrogen) atoms. The van der Waals surface area contributed by atoms with Gasteiger partial charge in [0.2, 0.25) is 0 Å². The van der Waals surface area contributed by atoms with Crippen LogP contribution in [0.15, 0.2) is 36.0 Å². The van der Waals surface area contributed by atoms with Crippen LogP contribution in [0.3, 0.4) is 0 Å². The van der Waals surface area contributed by atoms with E-state index in [2.05, 4.69) is 12.2 Å². The van der Waals surface area contributed by atoms with E-state index in [0.717, 1.165) is 17.9 Å². The fourth-order valence-electron chi connectivity index (χ4n) is 3.49. The third-order valence-corrected chi connectivity index (χ3v) is 4.51. The SMILES string of the molecule is FC(F)(F)C1C=CC(CC2CC3C=CC2C3)=CC1. The first-order chi connectivity index (χ1) is 8.52. The highest BCUT2D eigenvalue weighted by Crippen LogP contribution is 2.46. The van der Waals surface area contributed by atoms with Crippen molar-refractivity contribution in [2.45, 2.75) is 31.9 Å². The fourth-order valence-corrected chi connectivity index (χ4v) is 3.49. The van der Waals surface area contributed by atoms with Gasteiger partial charge in [-0.15, -0.1) is 0 Å². The van der Waals surface area contributed by atoms with Crippen molar-refractivity contribution in [1.29, 1.82) is 0 Å². The molecule has 0 N–H and O–H groups in total. The highest BCUT2D eigenvalue weighted by molar-refractivity contribution is 5.26. The molecule has 2 bridgehead atoms. The molecule has 0 aromatic heterocycles. The summed E-state index contributed by atoms with van der Waals surface area (Å²) >= 11 is 0. The fraction of sp³-hybridized carbons (Fsp3) is 0.600. The van der Waals surface area contributed by atoms with E-state index in [1.54, 1.807) is 12.2 Å². The Balaban J connectivity index is 1.58. The van der Waals surface area contributed by atoms with Crippen molar-refractivity contribution < 1.29 is 13.2 Å². The number of hydrogen-bond acceptors (Lipinski definition) is 0. The average Bonchev–Trinajstić information content (AvgIpc) is 2.90. The third kappa shape index (κ3) is 2.27. The topological polar surface area (TPSA) is 0 Å². The second-order valence-corrected chi connectivity index (χ2v) is 5.77. The quantitative estimate of drug-likeness (QED) is 0.629. The summed E-state index contributed by atoms with van der Waals surface area (Å²) < 4.78 is 37.5. The molecule has 0 nitrogen and oxygen atoms in total. The molecule has 3 heteroatoms. The van der Waals surface area contributed by atoms with Gasteiger partial charge in [-0.05, 0) is 43.4 Å². The van der Waals surface area contributed by atoms with Crippen LogP contribution in [-0.2, 0) is 0 Å². The average molecular weight is 254 g/mol. The zero-order valence-corrected chi connectivity index (χ0v) is 10.2. The van der Waals surface area contributed by atoms with Crippen LogP contribution in [0.25, 0.3) is 0 Å². The molecule has 0 heterocycles. The predicted molar refractivity (Wildman–Crippen MR) is 64.8 cm³/mol. The molecular weight excluding hydrogens is 237 g/mol. The van der Waals surface area contributed by atoms with Crippen molar-refractivity contribution in [3.8, 4) is 0 Å². The number of rotatable bonds is 2. The first-order valence-corrected chi connectivity index (χ1v) is 6.64. The molecule has 4 atom stereocenters. The first kappa shape index (κ1) is 12.1. The van der Waals surface area contributed by atoms with E-state index in [1.165, 1.54) is 18.9 Å². The summed E-state index contributed by atoms with van der Waals surface area (Å²) in [6, 6.07) is 0. The summed E-state index contributed by atoms with van der Waals surface area (Å²) in [4.78, 5) is 0. The van der Waals surface area contributed by atoms with Gasteiger partial charge in [0, 0.05) is 0 Å². The van der Waals surface area contributed by atoms with Crippen LogP contribution < -0.4 is 0 Å². The van der Waals surface area contributed by atoms with Crippen molar-refractivity contribution in [1.82, 2.24) is 0 Å². The van der Waals surface area contributed by atoms with E-state index < -0.39 is 12.1 Å². The van der Waals surface area contributed by atoms with Gasteiger partial charge in [-0.25, -0.2) is 0 Å². The Morgan fingerprint density at radius 1 is 1.11 bits per heavy atom. The lowest BCUT2D eigenvalue weighted by Crippen LogP contribution is -2.22. The van der Waals surface area contributed by atoms with E-state index in [9.17, 15) is 13.2 Å². The van der Waals surface area contributed by atoms with Crippen molar-refractivity contribution >= 4 is 0 Å². The van der Waals surface area contributed by atoms with Crippen molar-refractivity contribution in [3.05, 3.63) is 36.0 Å². The molecule has 0 aromatic carbocycles. The predicted octanol–water partition coefficient (Wildman–Crippen LogP) is 4.65. The van der Waals surface area contributed by atoms with E-state index in [0.29, 0.717) is 11.8 Å².